The van der Waals surface area contributed by atoms with Gasteiger partial charge in [-0.15, -0.1) is 0 Å². The molecule has 22 heavy (non-hydrogen) atoms. The van der Waals surface area contributed by atoms with E-state index in [1.54, 1.807) is 36.4 Å². The minimum absolute atomic E-state index is 0.144. The van der Waals surface area contributed by atoms with E-state index < -0.39 is 0 Å². The van der Waals surface area contributed by atoms with Gasteiger partial charge in [-0.25, -0.2) is 0 Å². The Balaban J connectivity index is 2.30. The number of anilines is 1. The van der Waals surface area contributed by atoms with Crippen molar-refractivity contribution in [3.8, 4) is 22.8 Å². The highest BCUT2D eigenvalue weighted by Crippen LogP contribution is 2.36. The molecule has 0 spiro atoms. The average molecular weight is 297 g/mol. The highest BCUT2D eigenvalue weighted by Gasteiger charge is 2.15. The molecule has 0 atom stereocenters. The van der Waals surface area contributed by atoms with Gasteiger partial charge in [0, 0.05) is 17.3 Å². The first-order valence-electron chi connectivity index (χ1n) is 6.69. The molecular formula is C17H15NO4. The van der Waals surface area contributed by atoms with Crippen LogP contribution in [-0.4, -0.2) is 14.2 Å². The highest BCUT2D eigenvalue weighted by molar-refractivity contribution is 5.86. The Hall–Kier alpha value is -2.95. The van der Waals surface area contributed by atoms with Crippen LogP contribution in [0.2, 0.25) is 0 Å². The molecule has 1 heterocycles. The summed E-state index contributed by atoms with van der Waals surface area (Å²) in [7, 11) is 3.04. The molecule has 0 bridgehead atoms. The van der Waals surface area contributed by atoms with Crippen molar-refractivity contribution in [1.82, 2.24) is 0 Å². The maximum absolute atomic E-state index is 12.3. The summed E-state index contributed by atoms with van der Waals surface area (Å²) in [5.41, 5.74) is 7.30. The van der Waals surface area contributed by atoms with Crippen molar-refractivity contribution in [1.29, 1.82) is 0 Å². The largest absolute Gasteiger partial charge is 0.493 e. The maximum atomic E-state index is 12.3. The van der Waals surface area contributed by atoms with Crippen LogP contribution in [-0.2, 0) is 0 Å². The lowest BCUT2D eigenvalue weighted by molar-refractivity contribution is 0.353. The van der Waals surface area contributed by atoms with Crippen LogP contribution in [0.4, 0.5) is 5.69 Å². The normalized spacial score (nSPS) is 10.6. The maximum Gasteiger partial charge on any atom is 0.204 e. The van der Waals surface area contributed by atoms with Crippen LogP contribution < -0.4 is 20.6 Å². The summed E-state index contributed by atoms with van der Waals surface area (Å²) in [5.74, 6) is 1.35. The molecule has 0 amide bonds. The number of hydrogen-bond donors (Lipinski definition) is 1. The van der Waals surface area contributed by atoms with Gasteiger partial charge in [-0.2, -0.15) is 0 Å². The summed E-state index contributed by atoms with van der Waals surface area (Å²) in [6.07, 6.45) is 0. The Morgan fingerprint density at radius 2 is 1.73 bits per heavy atom. The molecule has 0 unspecified atom stereocenters. The summed E-state index contributed by atoms with van der Waals surface area (Å²) < 4.78 is 16.5. The third-order valence-electron chi connectivity index (χ3n) is 3.43. The Morgan fingerprint density at radius 1 is 1.00 bits per heavy atom. The number of hydrogen-bond acceptors (Lipinski definition) is 5. The van der Waals surface area contributed by atoms with E-state index in [9.17, 15) is 4.79 Å². The number of methoxy groups -OCH3 is 2. The third-order valence-corrected chi connectivity index (χ3v) is 3.43. The number of ether oxygens (including phenoxy) is 2. The predicted molar refractivity (Wildman–Crippen MR) is 85.4 cm³/mol. The molecule has 0 aliphatic carbocycles. The number of benzene rings is 2. The topological polar surface area (TPSA) is 74.7 Å². The Bertz CT molecular complexity index is 882. The van der Waals surface area contributed by atoms with Crippen molar-refractivity contribution >= 4 is 16.7 Å². The molecule has 2 aromatic carbocycles. The number of rotatable bonds is 3. The summed E-state index contributed by atoms with van der Waals surface area (Å²) >= 11 is 0. The van der Waals surface area contributed by atoms with E-state index in [1.165, 1.54) is 20.3 Å². The second kappa shape index (κ2) is 5.44. The van der Waals surface area contributed by atoms with Gasteiger partial charge in [-0.3, -0.25) is 4.79 Å². The lowest BCUT2D eigenvalue weighted by Crippen LogP contribution is -2.02. The van der Waals surface area contributed by atoms with Crippen LogP contribution >= 0.6 is 0 Å². The summed E-state index contributed by atoms with van der Waals surface area (Å²) in [6, 6.07) is 11.9. The van der Waals surface area contributed by atoms with Crippen LogP contribution in [0.25, 0.3) is 22.3 Å². The quantitative estimate of drug-likeness (QED) is 0.752. The standard InChI is InChI=1S/C17H15NO4/c1-20-14-8-7-12-13(19)9-15(22-16(12)17(14)21-2)10-3-5-11(18)6-4-10/h3-9H,18H2,1-2H3. The fraction of sp³-hybridized carbons (Fsp3) is 0.118. The van der Waals surface area contributed by atoms with E-state index in [1.807, 2.05) is 0 Å². The molecule has 3 rings (SSSR count). The smallest absolute Gasteiger partial charge is 0.204 e. The van der Waals surface area contributed by atoms with E-state index in [0.717, 1.165) is 5.56 Å². The van der Waals surface area contributed by atoms with Gasteiger partial charge in [-0.05, 0) is 36.4 Å². The molecule has 5 nitrogen and oxygen atoms in total. The second-order valence-electron chi connectivity index (χ2n) is 4.77. The predicted octanol–water partition coefficient (Wildman–Crippen LogP) is 3.06. The van der Waals surface area contributed by atoms with Crippen molar-refractivity contribution in [2.45, 2.75) is 0 Å². The van der Waals surface area contributed by atoms with Crippen LogP contribution in [0.1, 0.15) is 0 Å². The Kier molecular flexibility index (Phi) is 3.47. The van der Waals surface area contributed by atoms with Crippen molar-refractivity contribution in [2.75, 3.05) is 20.0 Å². The van der Waals surface area contributed by atoms with Gasteiger partial charge < -0.3 is 19.6 Å². The van der Waals surface area contributed by atoms with Crippen LogP contribution in [0.15, 0.2) is 51.7 Å². The van der Waals surface area contributed by atoms with Gasteiger partial charge in [0.1, 0.15) is 5.76 Å². The van der Waals surface area contributed by atoms with Gasteiger partial charge in [0.2, 0.25) is 5.75 Å². The number of fused-ring (bicyclic) bond motifs is 1. The zero-order valence-electron chi connectivity index (χ0n) is 12.3. The molecule has 0 saturated carbocycles. The van der Waals surface area contributed by atoms with Crippen LogP contribution in [0.5, 0.6) is 11.5 Å². The molecule has 5 heteroatoms. The van der Waals surface area contributed by atoms with Crippen LogP contribution in [0, 0.1) is 0 Å². The zero-order valence-corrected chi connectivity index (χ0v) is 12.3. The first-order chi connectivity index (χ1) is 10.6. The monoisotopic (exact) mass is 297 g/mol. The first kappa shape index (κ1) is 14.0. The molecule has 2 N–H and O–H groups in total. The van der Waals surface area contributed by atoms with E-state index in [-0.39, 0.29) is 5.43 Å². The van der Waals surface area contributed by atoms with Gasteiger partial charge >= 0.3 is 0 Å². The minimum atomic E-state index is -0.144. The Labute approximate surface area is 126 Å². The molecule has 0 fully saturated rings. The lowest BCUT2D eigenvalue weighted by Gasteiger charge is -2.10. The molecule has 0 aliphatic heterocycles. The average Bonchev–Trinajstić information content (AvgIpc) is 2.54. The summed E-state index contributed by atoms with van der Waals surface area (Å²) in [4.78, 5) is 12.3. The SMILES string of the molecule is COc1ccc2c(=O)cc(-c3ccc(N)cc3)oc2c1OC. The van der Waals surface area contributed by atoms with Crippen LogP contribution in [0.3, 0.4) is 0 Å². The van der Waals surface area contributed by atoms with Crippen molar-refractivity contribution in [3.63, 3.8) is 0 Å². The molecule has 0 aliphatic rings. The molecular weight excluding hydrogens is 282 g/mol. The molecule has 112 valence electrons. The van der Waals surface area contributed by atoms with E-state index in [2.05, 4.69) is 0 Å². The van der Waals surface area contributed by atoms with Gasteiger partial charge in [-0.1, -0.05) is 0 Å². The van der Waals surface area contributed by atoms with Gasteiger partial charge in [0.05, 0.1) is 19.6 Å². The van der Waals surface area contributed by atoms with Gasteiger partial charge in [0.15, 0.2) is 16.8 Å². The highest BCUT2D eigenvalue weighted by atomic mass is 16.5. The van der Waals surface area contributed by atoms with E-state index >= 15 is 0 Å². The second-order valence-corrected chi connectivity index (χ2v) is 4.77. The zero-order chi connectivity index (χ0) is 15.7. The summed E-state index contributed by atoms with van der Waals surface area (Å²) in [6.45, 7) is 0. The van der Waals surface area contributed by atoms with E-state index in [0.29, 0.717) is 33.9 Å². The van der Waals surface area contributed by atoms with Gasteiger partial charge in [0.25, 0.3) is 0 Å². The molecule has 1 aromatic heterocycles. The molecule has 0 saturated heterocycles. The minimum Gasteiger partial charge on any atom is -0.493 e. The van der Waals surface area contributed by atoms with Crippen molar-refractivity contribution < 1.29 is 13.9 Å². The fourth-order valence-corrected chi connectivity index (χ4v) is 2.32. The van der Waals surface area contributed by atoms with Crippen molar-refractivity contribution in [3.05, 3.63) is 52.7 Å². The Morgan fingerprint density at radius 3 is 2.36 bits per heavy atom. The number of nitrogens with two attached hydrogens (primary N) is 1. The summed E-state index contributed by atoms with van der Waals surface area (Å²) in [5, 5.41) is 0.442. The third kappa shape index (κ3) is 2.26. The first-order valence-corrected chi connectivity index (χ1v) is 6.69. The van der Waals surface area contributed by atoms with Crippen molar-refractivity contribution in [2.24, 2.45) is 0 Å². The number of nitrogen functional groups attached to an aromatic ring is 1. The lowest BCUT2D eigenvalue weighted by atomic mass is 10.1. The fourth-order valence-electron chi connectivity index (χ4n) is 2.32. The molecule has 0 radical (unpaired) electrons. The van der Waals surface area contributed by atoms with E-state index in [4.69, 9.17) is 19.6 Å². The molecule has 3 aromatic rings.